The van der Waals surface area contributed by atoms with Gasteiger partial charge in [-0.1, -0.05) is 18.2 Å². The Hall–Kier alpha value is -2.05. The van der Waals surface area contributed by atoms with Gasteiger partial charge < -0.3 is 9.64 Å². The number of para-hydroxylation sites is 1. The van der Waals surface area contributed by atoms with E-state index in [1.165, 1.54) is 12.1 Å². The minimum absolute atomic E-state index is 0.537. The summed E-state index contributed by atoms with van der Waals surface area (Å²) in [7, 11) is 0. The Morgan fingerprint density at radius 1 is 0.889 bits per heavy atom. The average molecular weight is 376 g/mol. The Morgan fingerprint density at radius 3 is 2.41 bits per heavy atom. The van der Waals surface area contributed by atoms with Crippen LogP contribution in [0.15, 0.2) is 42.5 Å². The van der Waals surface area contributed by atoms with Gasteiger partial charge in [0.15, 0.2) is 0 Å². The molecule has 0 aliphatic carbocycles. The molecule has 0 amide bonds. The van der Waals surface area contributed by atoms with Gasteiger partial charge in [-0.15, -0.1) is 0 Å². The van der Waals surface area contributed by atoms with Gasteiger partial charge in [0.1, 0.15) is 0 Å². The van der Waals surface area contributed by atoms with Gasteiger partial charge in [0.25, 0.3) is 0 Å². The lowest BCUT2D eigenvalue weighted by Crippen LogP contribution is -2.38. The highest BCUT2D eigenvalue weighted by Gasteiger charge is 2.32. The van der Waals surface area contributed by atoms with Crippen molar-refractivity contribution in [1.29, 1.82) is 0 Å². The molecule has 0 aromatic heterocycles. The Labute approximate surface area is 157 Å². The van der Waals surface area contributed by atoms with Crippen molar-refractivity contribution in [3.05, 3.63) is 59.2 Å². The molecule has 6 heteroatoms. The van der Waals surface area contributed by atoms with E-state index in [1.54, 1.807) is 6.07 Å². The third kappa shape index (κ3) is 3.96. The van der Waals surface area contributed by atoms with E-state index in [4.69, 9.17) is 4.74 Å². The van der Waals surface area contributed by atoms with Crippen LogP contribution in [-0.2, 0) is 17.3 Å². The van der Waals surface area contributed by atoms with Crippen LogP contribution in [0.25, 0.3) is 0 Å². The van der Waals surface area contributed by atoms with E-state index in [-0.39, 0.29) is 0 Å². The predicted molar refractivity (Wildman–Crippen MR) is 99.6 cm³/mol. The van der Waals surface area contributed by atoms with Crippen LogP contribution in [0, 0.1) is 0 Å². The zero-order chi connectivity index (χ0) is 18.9. The second-order valence-electron chi connectivity index (χ2n) is 7.11. The molecule has 1 fully saturated rings. The Morgan fingerprint density at radius 2 is 1.63 bits per heavy atom. The third-order valence-electron chi connectivity index (χ3n) is 5.32. The minimum Gasteiger partial charge on any atom is -0.379 e. The molecule has 0 saturated carbocycles. The van der Waals surface area contributed by atoms with Gasteiger partial charge in [-0.05, 0) is 41.8 Å². The molecule has 0 radical (unpaired) electrons. The number of benzene rings is 2. The molecule has 0 atom stereocenters. The number of fused-ring (bicyclic) bond motifs is 2. The number of hydrogen-bond acceptors (Lipinski definition) is 3. The van der Waals surface area contributed by atoms with E-state index in [0.717, 1.165) is 68.3 Å². The summed E-state index contributed by atoms with van der Waals surface area (Å²) in [6, 6.07) is 12.1. The number of morpholine rings is 1. The maximum absolute atomic E-state index is 13.1. The van der Waals surface area contributed by atoms with Crippen LogP contribution in [0.3, 0.4) is 0 Å². The van der Waals surface area contributed by atoms with E-state index >= 15 is 0 Å². The van der Waals surface area contributed by atoms with E-state index in [2.05, 4.69) is 15.9 Å². The second kappa shape index (κ2) is 7.52. The molecule has 1 saturated heterocycles. The van der Waals surface area contributed by atoms with Crippen LogP contribution in [0.5, 0.6) is 0 Å². The standard InChI is InChI=1S/C21H23F3N2O/c22-21(23,24)18-6-7-20-17(15-18)14-16-4-1-2-5-19(16)26(20)9-3-8-25-10-12-27-13-11-25/h1-2,4-7,15H,3,8-14H2. The van der Waals surface area contributed by atoms with E-state index in [0.29, 0.717) is 6.42 Å². The van der Waals surface area contributed by atoms with Crippen molar-refractivity contribution in [2.45, 2.75) is 19.0 Å². The van der Waals surface area contributed by atoms with Crippen molar-refractivity contribution in [2.75, 3.05) is 44.3 Å². The smallest absolute Gasteiger partial charge is 0.379 e. The number of ether oxygens (including phenoxy) is 1. The Balaban J connectivity index is 1.57. The van der Waals surface area contributed by atoms with Gasteiger partial charge in [-0.3, -0.25) is 4.90 Å². The first kappa shape index (κ1) is 18.3. The van der Waals surface area contributed by atoms with Gasteiger partial charge in [0, 0.05) is 44.0 Å². The lowest BCUT2D eigenvalue weighted by Gasteiger charge is -2.35. The SMILES string of the molecule is FC(F)(F)c1ccc2c(c1)Cc1ccccc1N2CCCN1CCOCC1. The predicted octanol–water partition coefficient (Wildman–Crippen LogP) is 4.47. The molecular weight excluding hydrogens is 353 g/mol. The molecule has 2 aliphatic heterocycles. The van der Waals surface area contributed by atoms with Crippen molar-refractivity contribution in [3.8, 4) is 0 Å². The van der Waals surface area contributed by atoms with Crippen LogP contribution >= 0.6 is 0 Å². The lowest BCUT2D eigenvalue weighted by atomic mass is 9.94. The summed E-state index contributed by atoms with van der Waals surface area (Å²) in [5.74, 6) is 0. The Kier molecular flexibility index (Phi) is 5.10. The fourth-order valence-corrected chi connectivity index (χ4v) is 3.94. The average Bonchev–Trinajstić information content (AvgIpc) is 2.67. The molecule has 0 N–H and O–H groups in total. The fraction of sp³-hybridized carbons (Fsp3) is 0.429. The first-order valence-corrected chi connectivity index (χ1v) is 9.38. The summed E-state index contributed by atoms with van der Waals surface area (Å²) >= 11 is 0. The zero-order valence-corrected chi connectivity index (χ0v) is 15.1. The van der Waals surface area contributed by atoms with Crippen molar-refractivity contribution >= 4 is 11.4 Å². The maximum Gasteiger partial charge on any atom is 0.416 e. The van der Waals surface area contributed by atoms with E-state index < -0.39 is 11.7 Å². The van der Waals surface area contributed by atoms with Crippen LogP contribution in [0.2, 0.25) is 0 Å². The van der Waals surface area contributed by atoms with Crippen LogP contribution < -0.4 is 4.90 Å². The van der Waals surface area contributed by atoms with Crippen molar-refractivity contribution in [2.24, 2.45) is 0 Å². The number of anilines is 2. The molecule has 0 unspecified atom stereocenters. The van der Waals surface area contributed by atoms with Crippen LogP contribution in [0.4, 0.5) is 24.5 Å². The number of hydrogen-bond donors (Lipinski definition) is 0. The molecule has 0 spiro atoms. The first-order valence-electron chi connectivity index (χ1n) is 9.38. The van der Waals surface area contributed by atoms with Crippen LogP contribution in [-0.4, -0.2) is 44.3 Å². The van der Waals surface area contributed by atoms with Crippen molar-refractivity contribution in [3.63, 3.8) is 0 Å². The van der Waals surface area contributed by atoms with Gasteiger partial charge in [0.05, 0.1) is 18.8 Å². The van der Waals surface area contributed by atoms with Crippen LogP contribution in [0.1, 0.15) is 23.1 Å². The van der Waals surface area contributed by atoms with E-state index in [1.807, 2.05) is 18.2 Å². The molecular formula is C21H23F3N2O. The number of halogens is 3. The zero-order valence-electron chi connectivity index (χ0n) is 15.1. The molecule has 0 bridgehead atoms. The molecule has 2 aromatic rings. The summed E-state index contributed by atoms with van der Waals surface area (Å²) in [5.41, 5.74) is 3.25. The van der Waals surface area contributed by atoms with Gasteiger partial charge >= 0.3 is 6.18 Å². The molecule has 4 rings (SSSR count). The summed E-state index contributed by atoms with van der Waals surface area (Å²) in [4.78, 5) is 4.56. The maximum atomic E-state index is 13.1. The van der Waals surface area contributed by atoms with Gasteiger partial charge in [0.2, 0.25) is 0 Å². The number of alkyl halides is 3. The monoisotopic (exact) mass is 376 g/mol. The molecule has 2 aromatic carbocycles. The summed E-state index contributed by atoms with van der Waals surface area (Å²) in [6.45, 7) is 5.19. The highest BCUT2D eigenvalue weighted by molar-refractivity contribution is 5.74. The van der Waals surface area contributed by atoms with Crippen molar-refractivity contribution in [1.82, 2.24) is 4.90 Å². The van der Waals surface area contributed by atoms with Gasteiger partial charge in [-0.2, -0.15) is 13.2 Å². The normalized spacial score (nSPS) is 17.5. The van der Waals surface area contributed by atoms with Gasteiger partial charge in [-0.25, -0.2) is 0 Å². The molecule has 2 aliphatic rings. The van der Waals surface area contributed by atoms with Crippen molar-refractivity contribution < 1.29 is 17.9 Å². The molecule has 3 nitrogen and oxygen atoms in total. The molecule has 144 valence electrons. The molecule has 2 heterocycles. The minimum atomic E-state index is -4.31. The summed E-state index contributed by atoms with van der Waals surface area (Å²) < 4.78 is 44.8. The highest BCUT2D eigenvalue weighted by Crippen LogP contribution is 2.41. The molecule has 27 heavy (non-hydrogen) atoms. The topological polar surface area (TPSA) is 15.7 Å². The fourth-order valence-electron chi connectivity index (χ4n) is 3.94. The number of rotatable bonds is 4. The summed E-state index contributed by atoms with van der Waals surface area (Å²) in [5, 5.41) is 0. The number of nitrogens with zero attached hydrogens (tertiary/aromatic N) is 2. The highest BCUT2D eigenvalue weighted by atomic mass is 19.4. The Bertz CT molecular complexity index is 800. The second-order valence-corrected chi connectivity index (χ2v) is 7.11. The third-order valence-corrected chi connectivity index (χ3v) is 5.32. The quantitative estimate of drug-likeness (QED) is 0.783. The lowest BCUT2D eigenvalue weighted by molar-refractivity contribution is -0.137. The largest absolute Gasteiger partial charge is 0.416 e. The van der Waals surface area contributed by atoms with E-state index in [9.17, 15) is 13.2 Å². The summed E-state index contributed by atoms with van der Waals surface area (Å²) in [6.07, 6.45) is -2.82. The first-order chi connectivity index (χ1) is 13.0.